The molecule has 9 nitrogen and oxygen atoms in total. The molecule has 0 saturated carbocycles. The SMILES string of the molecule is CCc1ncnc2c1c(-c1ccccc1Cl)cn2CC(=O)N1CCC(n2c(=O)[nH]c3ncccc32)CC1. The smallest absolute Gasteiger partial charge is 0.327 e. The lowest BCUT2D eigenvalue weighted by Crippen LogP contribution is -2.41. The summed E-state index contributed by atoms with van der Waals surface area (Å²) in [4.78, 5) is 44.0. The standard InChI is InChI=1S/C27H26ClN7O2/c1-2-21-24-19(18-6-3-4-7-20(18)28)14-34(26(24)31-16-30-21)15-23(36)33-12-9-17(10-13-33)35-22-8-5-11-29-25(22)32-27(35)37/h3-8,11,14,16-17H,2,9-10,12-13,15H2,1H3,(H,29,32,37). The van der Waals surface area contributed by atoms with Crippen LogP contribution in [0.3, 0.4) is 0 Å². The normalized spacial score (nSPS) is 14.6. The molecule has 0 aliphatic carbocycles. The summed E-state index contributed by atoms with van der Waals surface area (Å²) in [5, 5.41) is 1.57. The van der Waals surface area contributed by atoms with E-state index < -0.39 is 0 Å². The number of nitrogens with one attached hydrogen (secondary N) is 1. The lowest BCUT2D eigenvalue weighted by molar-refractivity contribution is -0.133. The van der Waals surface area contributed by atoms with Gasteiger partial charge in [0.25, 0.3) is 0 Å². The molecule has 5 heterocycles. The zero-order valence-corrected chi connectivity index (χ0v) is 21.1. The fourth-order valence-electron chi connectivity index (χ4n) is 5.40. The van der Waals surface area contributed by atoms with Crippen molar-refractivity contribution in [3.8, 4) is 11.1 Å². The Morgan fingerprint density at radius 1 is 1.08 bits per heavy atom. The number of aryl methyl sites for hydroxylation is 1. The number of H-pyrrole nitrogens is 1. The maximum Gasteiger partial charge on any atom is 0.327 e. The topological polar surface area (TPSA) is 102 Å². The highest BCUT2D eigenvalue weighted by atomic mass is 35.5. The van der Waals surface area contributed by atoms with Crippen LogP contribution in [0.4, 0.5) is 0 Å². The van der Waals surface area contributed by atoms with Gasteiger partial charge in [-0.15, -0.1) is 0 Å². The van der Waals surface area contributed by atoms with Gasteiger partial charge in [-0.3, -0.25) is 14.3 Å². The van der Waals surface area contributed by atoms with Gasteiger partial charge in [-0.25, -0.2) is 19.7 Å². The number of aromatic amines is 1. The molecule has 5 aromatic rings. The third-order valence-electron chi connectivity index (χ3n) is 7.21. The highest BCUT2D eigenvalue weighted by Gasteiger charge is 2.27. The van der Waals surface area contributed by atoms with Crippen LogP contribution in [-0.4, -0.2) is 53.0 Å². The highest BCUT2D eigenvalue weighted by molar-refractivity contribution is 6.33. The summed E-state index contributed by atoms with van der Waals surface area (Å²) in [6.45, 7) is 3.38. The molecule has 1 saturated heterocycles. The summed E-state index contributed by atoms with van der Waals surface area (Å²) in [6.07, 6.45) is 7.33. The minimum Gasteiger partial charge on any atom is -0.341 e. The quantitative estimate of drug-likeness (QED) is 0.377. The number of pyridine rings is 1. The maximum absolute atomic E-state index is 13.4. The monoisotopic (exact) mass is 515 g/mol. The Morgan fingerprint density at radius 2 is 1.89 bits per heavy atom. The van der Waals surface area contributed by atoms with Gasteiger partial charge in [0.05, 0.1) is 11.2 Å². The minimum atomic E-state index is -0.157. The lowest BCUT2D eigenvalue weighted by atomic mass is 10.0. The number of nitrogens with zero attached hydrogens (tertiary/aromatic N) is 6. The molecule has 1 aromatic carbocycles. The number of rotatable bonds is 5. The summed E-state index contributed by atoms with van der Waals surface area (Å²) in [5.74, 6) is 0.0191. The van der Waals surface area contributed by atoms with Gasteiger partial charge in [-0.1, -0.05) is 36.7 Å². The molecule has 1 fully saturated rings. The number of hydrogen-bond acceptors (Lipinski definition) is 5. The van der Waals surface area contributed by atoms with Gasteiger partial charge < -0.3 is 9.47 Å². The van der Waals surface area contributed by atoms with E-state index in [2.05, 4.69) is 26.9 Å². The lowest BCUT2D eigenvalue weighted by Gasteiger charge is -2.32. The van der Waals surface area contributed by atoms with Crippen molar-refractivity contribution in [3.63, 3.8) is 0 Å². The van der Waals surface area contributed by atoms with Gasteiger partial charge in [-0.2, -0.15) is 0 Å². The Morgan fingerprint density at radius 3 is 2.68 bits per heavy atom. The number of hydrogen-bond donors (Lipinski definition) is 1. The van der Waals surface area contributed by atoms with Crippen molar-refractivity contribution in [2.24, 2.45) is 0 Å². The molecule has 0 atom stereocenters. The number of imidazole rings is 1. The number of halogens is 1. The molecule has 1 aliphatic rings. The average Bonchev–Trinajstić information content (AvgIpc) is 3.46. The van der Waals surface area contributed by atoms with Crippen LogP contribution in [0.2, 0.25) is 5.02 Å². The molecule has 4 aromatic heterocycles. The fraction of sp³-hybridized carbons (Fsp3) is 0.296. The number of carbonyl (C=O) groups is 1. The Hall–Kier alpha value is -3.98. The molecule has 0 radical (unpaired) electrons. The van der Waals surface area contributed by atoms with Crippen molar-refractivity contribution in [1.29, 1.82) is 0 Å². The molecule has 37 heavy (non-hydrogen) atoms. The van der Waals surface area contributed by atoms with Crippen LogP contribution in [0, 0.1) is 0 Å². The average molecular weight is 516 g/mol. The minimum absolute atomic E-state index is 0.0191. The van der Waals surface area contributed by atoms with Crippen LogP contribution in [0.1, 0.15) is 31.5 Å². The van der Waals surface area contributed by atoms with E-state index in [0.29, 0.717) is 36.6 Å². The number of benzene rings is 1. The van der Waals surface area contributed by atoms with Gasteiger partial charge in [0.15, 0.2) is 5.65 Å². The molecule has 1 N–H and O–H groups in total. The summed E-state index contributed by atoms with van der Waals surface area (Å²) in [6, 6.07) is 11.4. The first-order valence-electron chi connectivity index (χ1n) is 12.5. The van der Waals surface area contributed by atoms with E-state index in [1.54, 1.807) is 17.1 Å². The number of carbonyl (C=O) groups excluding carboxylic acids is 1. The first-order chi connectivity index (χ1) is 18.0. The van der Waals surface area contributed by atoms with Crippen molar-refractivity contribution in [3.05, 3.63) is 76.3 Å². The van der Waals surface area contributed by atoms with E-state index in [9.17, 15) is 9.59 Å². The van der Waals surface area contributed by atoms with Crippen LogP contribution in [0.15, 0.2) is 59.9 Å². The molecule has 188 valence electrons. The van der Waals surface area contributed by atoms with Crippen molar-refractivity contribution < 1.29 is 4.79 Å². The third kappa shape index (κ3) is 4.09. The summed E-state index contributed by atoms with van der Waals surface area (Å²) < 4.78 is 3.68. The Kier molecular flexibility index (Phi) is 6.00. The molecule has 0 unspecified atom stereocenters. The zero-order valence-electron chi connectivity index (χ0n) is 20.4. The summed E-state index contributed by atoms with van der Waals surface area (Å²) >= 11 is 6.54. The van der Waals surface area contributed by atoms with Crippen molar-refractivity contribution in [1.82, 2.24) is 34.0 Å². The molecule has 6 rings (SSSR count). The molecule has 10 heteroatoms. The zero-order chi connectivity index (χ0) is 25.5. The number of fused-ring (bicyclic) bond motifs is 2. The first kappa shape index (κ1) is 23.4. The summed E-state index contributed by atoms with van der Waals surface area (Å²) in [5.41, 5.74) is 4.70. The van der Waals surface area contributed by atoms with Crippen molar-refractivity contribution >= 4 is 39.7 Å². The van der Waals surface area contributed by atoms with Crippen LogP contribution < -0.4 is 5.69 Å². The van der Waals surface area contributed by atoms with E-state index in [-0.39, 0.29) is 24.2 Å². The van der Waals surface area contributed by atoms with Gasteiger partial charge >= 0.3 is 5.69 Å². The van der Waals surface area contributed by atoms with E-state index in [1.165, 1.54) is 0 Å². The van der Waals surface area contributed by atoms with Crippen LogP contribution in [0.25, 0.3) is 33.3 Å². The number of aromatic nitrogens is 6. The largest absolute Gasteiger partial charge is 0.341 e. The number of piperidine rings is 1. The molecule has 0 bridgehead atoms. The third-order valence-corrected chi connectivity index (χ3v) is 7.54. The fourth-order valence-corrected chi connectivity index (χ4v) is 5.64. The number of amides is 1. The molecule has 0 spiro atoms. The van der Waals surface area contributed by atoms with Crippen LogP contribution >= 0.6 is 11.6 Å². The van der Waals surface area contributed by atoms with Gasteiger partial charge in [-0.05, 0) is 37.5 Å². The molecular weight excluding hydrogens is 490 g/mol. The van der Waals surface area contributed by atoms with Crippen molar-refractivity contribution in [2.75, 3.05) is 13.1 Å². The Labute approximate surface area is 217 Å². The number of likely N-dealkylation sites (tertiary alicyclic amines) is 1. The van der Waals surface area contributed by atoms with Gasteiger partial charge in [0.1, 0.15) is 18.5 Å². The second-order valence-electron chi connectivity index (χ2n) is 9.31. The van der Waals surface area contributed by atoms with E-state index >= 15 is 0 Å². The van der Waals surface area contributed by atoms with E-state index in [1.807, 2.05) is 52.1 Å². The molecular formula is C27H26ClN7O2. The predicted octanol–water partition coefficient (Wildman–Crippen LogP) is 4.22. The molecule has 1 aliphatic heterocycles. The van der Waals surface area contributed by atoms with Gasteiger partial charge in [0.2, 0.25) is 5.91 Å². The van der Waals surface area contributed by atoms with Gasteiger partial charge in [0, 0.05) is 53.1 Å². The Balaban J connectivity index is 1.25. The van der Waals surface area contributed by atoms with E-state index in [4.69, 9.17) is 11.6 Å². The second-order valence-corrected chi connectivity index (χ2v) is 9.71. The van der Waals surface area contributed by atoms with E-state index in [0.717, 1.165) is 39.8 Å². The van der Waals surface area contributed by atoms with Crippen molar-refractivity contribution in [2.45, 2.75) is 38.8 Å². The highest BCUT2D eigenvalue weighted by Crippen LogP contribution is 2.36. The van der Waals surface area contributed by atoms with Crippen LogP contribution in [-0.2, 0) is 17.8 Å². The maximum atomic E-state index is 13.4. The summed E-state index contributed by atoms with van der Waals surface area (Å²) in [7, 11) is 0. The predicted molar refractivity (Wildman–Crippen MR) is 143 cm³/mol. The first-order valence-corrected chi connectivity index (χ1v) is 12.8. The second kappa shape index (κ2) is 9.48. The van der Waals surface area contributed by atoms with Crippen LogP contribution in [0.5, 0.6) is 0 Å². The Bertz CT molecular complexity index is 1680. The molecule has 1 amide bonds.